The number of halogens is 5. The number of piperidine rings is 1. The summed E-state index contributed by atoms with van der Waals surface area (Å²) in [5.74, 6) is -1.13. The molecule has 3 aliphatic rings. The second kappa shape index (κ2) is 8.86. The number of fused-ring (bicyclic) bond motifs is 1. The van der Waals surface area contributed by atoms with Crippen LogP contribution in [0.5, 0.6) is 0 Å². The van der Waals surface area contributed by atoms with Gasteiger partial charge in [-0.25, -0.2) is 22.0 Å². The zero-order chi connectivity index (χ0) is 25.9. The summed E-state index contributed by atoms with van der Waals surface area (Å²) >= 11 is 0. The lowest BCUT2D eigenvalue weighted by Crippen LogP contribution is -2.37. The molecule has 3 fully saturated rings. The van der Waals surface area contributed by atoms with Gasteiger partial charge < -0.3 is 20.1 Å². The first-order valence-corrected chi connectivity index (χ1v) is 11.9. The Hall–Kier alpha value is -2.95. The third-order valence-corrected chi connectivity index (χ3v) is 7.75. The predicted molar refractivity (Wildman–Crippen MR) is 123 cm³/mol. The van der Waals surface area contributed by atoms with Gasteiger partial charge in [0.05, 0.1) is 22.9 Å². The van der Waals surface area contributed by atoms with Crippen LogP contribution in [0.25, 0.3) is 0 Å². The SMILES string of the molecule is C[C@@H](NC(=O)c1cn(C2(C(F)F)CC2)c(=O)cc1NC1[C@H]2CN(C)C[C@@H]12)c1cccc(C(F)F)c1F. The van der Waals surface area contributed by atoms with Crippen LogP contribution in [-0.2, 0) is 5.54 Å². The van der Waals surface area contributed by atoms with Crippen LogP contribution in [0.15, 0.2) is 35.3 Å². The van der Waals surface area contributed by atoms with Gasteiger partial charge in [0.2, 0.25) is 0 Å². The van der Waals surface area contributed by atoms with E-state index in [9.17, 15) is 31.5 Å². The second-order valence-corrected chi connectivity index (χ2v) is 10.2. The topological polar surface area (TPSA) is 66.4 Å². The fraction of sp³-hybridized carbons (Fsp3) is 0.520. The van der Waals surface area contributed by atoms with Crippen molar-refractivity contribution in [1.82, 2.24) is 14.8 Å². The minimum atomic E-state index is -3.02. The molecule has 36 heavy (non-hydrogen) atoms. The Labute approximate surface area is 204 Å². The van der Waals surface area contributed by atoms with Gasteiger partial charge in [0.1, 0.15) is 11.4 Å². The number of carbonyl (C=O) groups excluding carboxylic acids is 1. The number of nitrogens with one attached hydrogen (secondary N) is 2. The summed E-state index contributed by atoms with van der Waals surface area (Å²) in [5.41, 5.74) is -3.00. The van der Waals surface area contributed by atoms with Crippen molar-refractivity contribution < 1.29 is 26.7 Å². The summed E-state index contributed by atoms with van der Waals surface area (Å²) in [7, 11) is 2.01. The molecule has 0 radical (unpaired) electrons. The highest BCUT2D eigenvalue weighted by atomic mass is 19.3. The molecule has 5 rings (SSSR count). The normalized spacial score (nSPS) is 25.1. The molecule has 4 atom stereocenters. The maximum Gasteiger partial charge on any atom is 0.266 e. The van der Waals surface area contributed by atoms with Crippen LogP contribution in [0.2, 0.25) is 0 Å². The van der Waals surface area contributed by atoms with Gasteiger partial charge in [-0.15, -0.1) is 0 Å². The smallest absolute Gasteiger partial charge is 0.266 e. The molecule has 1 saturated heterocycles. The molecule has 0 bridgehead atoms. The van der Waals surface area contributed by atoms with E-state index in [-0.39, 0.29) is 35.7 Å². The lowest BCUT2D eigenvalue weighted by Gasteiger charge is -2.23. The number of hydrogen-bond donors (Lipinski definition) is 2. The average molecular weight is 511 g/mol. The van der Waals surface area contributed by atoms with E-state index >= 15 is 0 Å². The van der Waals surface area contributed by atoms with Crippen LogP contribution in [0.3, 0.4) is 0 Å². The molecule has 6 nitrogen and oxygen atoms in total. The number of anilines is 1. The summed E-state index contributed by atoms with van der Waals surface area (Å²) in [6.45, 7) is 3.18. The lowest BCUT2D eigenvalue weighted by molar-refractivity contribution is 0.0648. The Morgan fingerprint density at radius 2 is 1.75 bits per heavy atom. The molecule has 1 aromatic carbocycles. The first-order chi connectivity index (χ1) is 17.0. The molecule has 1 aliphatic heterocycles. The third-order valence-electron chi connectivity index (χ3n) is 7.75. The Morgan fingerprint density at radius 1 is 1.11 bits per heavy atom. The fourth-order valence-corrected chi connectivity index (χ4v) is 5.43. The van der Waals surface area contributed by atoms with Crippen molar-refractivity contribution >= 4 is 11.6 Å². The molecule has 0 spiro atoms. The first kappa shape index (κ1) is 24.7. The zero-order valence-electron chi connectivity index (χ0n) is 19.8. The van der Waals surface area contributed by atoms with Crippen LogP contribution in [-0.4, -0.2) is 48.0 Å². The fourth-order valence-electron chi connectivity index (χ4n) is 5.43. The van der Waals surface area contributed by atoms with E-state index < -0.39 is 47.3 Å². The largest absolute Gasteiger partial charge is 0.381 e. The van der Waals surface area contributed by atoms with Crippen LogP contribution in [0.1, 0.15) is 53.7 Å². The van der Waals surface area contributed by atoms with Gasteiger partial charge in [-0.1, -0.05) is 18.2 Å². The summed E-state index contributed by atoms with van der Waals surface area (Å²) in [4.78, 5) is 28.3. The summed E-state index contributed by atoms with van der Waals surface area (Å²) in [6.07, 6.45) is -4.44. The summed E-state index contributed by atoms with van der Waals surface area (Å²) < 4.78 is 69.4. The van der Waals surface area contributed by atoms with Gasteiger partial charge in [0, 0.05) is 37.0 Å². The van der Waals surface area contributed by atoms with E-state index in [0.29, 0.717) is 11.8 Å². The van der Waals surface area contributed by atoms with Crippen LogP contribution in [0, 0.1) is 17.7 Å². The van der Waals surface area contributed by atoms with Crippen molar-refractivity contribution in [3.8, 4) is 0 Å². The number of nitrogens with zero attached hydrogens (tertiary/aromatic N) is 2. The summed E-state index contributed by atoms with van der Waals surface area (Å²) in [5, 5.41) is 5.83. The molecule has 194 valence electrons. The Balaban J connectivity index is 1.46. The van der Waals surface area contributed by atoms with Gasteiger partial charge in [0.25, 0.3) is 24.3 Å². The second-order valence-electron chi connectivity index (χ2n) is 10.2. The molecule has 2 aromatic rings. The molecule has 1 aromatic heterocycles. The predicted octanol–water partition coefficient (Wildman–Crippen LogP) is 4.14. The lowest BCUT2D eigenvalue weighted by atomic mass is 10.0. The number of carbonyl (C=O) groups is 1. The van der Waals surface area contributed by atoms with E-state index in [1.54, 1.807) is 0 Å². The molecular weight excluding hydrogens is 483 g/mol. The van der Waals surface area contributed by atoms with Crippen molar-refractivity contribution in [1.29, 1.82) is 0 Å². The van der Waals surface area contributed by atoms with E-state index in [2.05, 4.69) is 15.5 Å². The zero-order valence-corrected chi connectivity index (χ0v) is 19.8. The number of alkyl halides is 4. The van der Waals surface area contributed by atoms with Crippen molar-refractivity contribution in [3.05, 3.63) is 63.3 Å². The number of hydrogen-bond acceptors (Lipinski definition) is 4. The van der Waals surface area contributed by atoms with Gasteiger partial charge >= 0.3 is 0 Å². The van der Waals surface area contributed by atoms with Crippen LogP contribution in [0.4, 0.5) is 27.6 Å². The number of amides is 1. The average Bonchev–Trinajstić information content (AvgIpc) is 3.69. The standard InChI is InChI=1S/C25H27F5N4O2/c1-12(13-4-3-5-14(20(13)26)22(27)28)31-23(36)17-11-34(25(6-7-25)24(29)30)19(35)8-18(17)32-21-15-9-33(2)10-16(15)21/h3-5,8,11-12,15-16,21-22,24,32H,6-7,9-10H2,1-2H3,(H,31,36)/t12-,15-,16+,21?/m1/s1. The summed E-state index contributed by atoms with van der Waals surface area (Å²) in [6, 6.07) is 3.76. The van der Waals surface area contributed by atoms with E-state index in [4.69, 9.17) is 0 Å². The van der Waals surface area contributed by atoms with Crippen molar-refractivity contribution in [2.75, 3.05) is 25.5 Å². The quantitative estimate of drug-likeness (QED) is 0.524. The molecule has 2 N–H and O–H groups in total. The highest BCUT2D eigenvalue weighted by Crippen LogP contribution is 2.49. The highest BCUT2D eigenvalue weighted by Gasteiger charge is 2.56. The highest BCUT2D eigenvalue weighted by molar-refractivity contribution is 5.99. The number of rotatable bonds is 8. The van der Waals surface area contributed by atoms with Gasteiger partial charge in [0.15, 0.2) is 0 Å². The van der Waals surface area contributed by atoms with Gasteiger partial charge in [-0.05, 0) is 38.6 Å². The molecule has 2 saturated carbocycles. The molecular formula is C25H27F5N4O2. The molecule has 2 aliphatic carbocycles. The van der Waals surface area contributed by atoms with Crippen molar-refractivity contribution in [3.63, 3.8) is 0 Å². The Bertz CT molecular complexity index is 1230. The Kier molecular flexibility index (Phi) is 6.09. The molecule has 11 heteroatoms. The molecule has 2 heterocycles. The first-order valence-electron chi connectivity index (χ1n) is 11.9. The van der Waals surface area contributed by atoms with Crippen LogP contribution < -0.4 is 16.2 Å². The number of pyridine rings is 1. The third kappa shape index (κ3) is 4.16. The minimum absolute atomic E-state index is 0.0304. The number of likely N-dealkylation sites (tertiary alicyclic amines) is 1. The van der Waals surface area contributed by atoms with Crippen molar-refractivity contribution in [2.45, 2.75) is 50.2 Å². The van der Waals surface area contributed by atoms with Gasteiger partial charge in [-0.2, -0.15) is 0 Å². The number of aromatic nitrogens is 1. The monoisotopic (exact) mass is 510 g/mol. The maximum atomic E-state index is 14.6. The van der Waals surface area contributed by atoms with Crippen LogP contribution >= 0.6 is 0 Å². The van der Waals surface area contributed by atoms with Gasteiger partial charge in [-0.3, -0.25) is 9.59 Å². The Morgan fingerprint density at radius 3 is 2.33 bits per heavy atom. The minimum Gasteiger partial charge on any atom is -0.381 e. The van der Waals surface area contributed by atoms with E-state index in [0.717, 1.165) is 36.0 Å². The number of benzene rings is 1. The molecule has 1 amide bonds. The van der Waals surface area contributed by atoms with Crippen molar-refractivity contribution in [2.24, 2.45) is 11.8 Å². The van der Waals surface area contributed by atoms with E-state index in [1.165, 1.54) is 19.1 Å². The van der Waals surface area contributed by atoms with E-state index in [1.807, 2.05) is 7.05 Å². The molecule has 1 unspecified atom stereocenters. The maximum absolute atomic E-state index is 14.6.